The molecule has 3 aliphatic rings. The first-order valence-corrected chi connectivity index (χ1v) is 27.3. The number of nitrogens with two attached hydrogens (primary N) is 3. The van der Waals surface area contributed by atoms with Gasteiger partial charge in [-0.25, -0.2) is 38.1 Å². The number of nitrogens with zero attached hydrogens (tertiary/aromatic N) is 11. The number of rotatable bonds is 20. The van der Waals surface area contributed by atoms with E-state index in [2.05, 4.69) is 53.0 Å². The monoisotopic (exact) mass is 1250 g/mol. The molecule has 0 saturated carbocycles. The Morgan fingerprint density at radius 2 is 1.25 bits per heavy atom. The summed E-state index contributed by atoms with van der Waals surface area (Å²) < 4.78 is 113. The molecule has 0 aromatic carbocycles. The van der Waals surface area contributed by atoms with Gasteiger partial charge >= 0.3 is 124 Å². The van der Waals surface area contributed by atoms with Gasteiger partial charge in [0.2, 0.25) is 12.2 Å². The van der Waals surface area contributed by atoms with Crippen LogP contribution in [0.2, 0.25) is 0 Å². The molecule has 16 atom stereocenters. The van der Waals surface area contributed by atoms with Crippen molar-refractivity contribution in [2.75, 3.05) is 51.2 Å². The maximum Gasteiger partial charge on any atom is 1.00 e. The number of phosphoric ester groups is 3. The van der Waals surface area contributed by atoms with E-state index >= 15 is 0 Å². The predicted molar refractivity (Wildman–Crippen MR) is 232 cm³/mol. The van der Waals surface area contributed by atoms with Crippen molar-refractivity contribution in [3.8, 4) is 5.88 Å². The van der Waals surface area contributed by atoms with Crippen LogP contribution >= 0.6 is 31.3 Å². The SMILES string of the molecule is CO[C@@H]1[C@H](OP(=O)([O-])OC[C@H]2O[C@@H](n3cnc4c(=O)[nH]c(N)nc43)[C@H](O)[C@@H]2O)[C@@H](COP(=O)([O-])OP(=O)([O-])OP(=O)([O-])OC[C@H]2O[C@@H]([n+]3cn(C)c4c([O-])nc(N)nc43)[C@H](O)[C@@H]2OC)O[C@H]1n1cnc2c(N)ncnc21.[Na+].[Na+].[Na+].[Na+]. The summed E-state index contributed by atoms with van der Waals surface area (Å²) >= 11 is 0. The zero-order valence-electron chi connectivity index (χ0n) is 42.7. The van der Waals surface area contributed by atoms with E-state index in [9.17, 15) is 63.1 Å². The third-order valence-electron chi connectivity index (χ3n) is 11.7. The number of fused-ring (bicyclic) bond motifs is 3. The minimum atomic E-state index is -6.57. The first-order chi connectivity index (χ1) is 35.7. The van der Waals surface area contributed by atoms with E-state index in [0.29, 0.717) is 0 Å². The second-order valence-electron chi connectivity index (χ2n) is 16.5. The van der Waals surface area contributed by atoms with Crippen LogP contribution in [-0.2, 0) is 75.7 Å². The number of nitrogen functional groups attached to an aromatic ring is 3. The Balaban J connectivity index is 0.00000294. The number of methoxy groups -OCH3 is 2. The van der Waals surface area contributed by atoms with Gasteiger partial charge in [-0.1, -0.05) is 4.98 Å². The average molecular weight is 1250 g/mol. The molecule has 10 N–H and O–H groups in total. The number of imidazole rings is 3. The van der Waals surface area contributed by atoms with Gasteiger partial charge in [-0.15, -0.1) is 0 Å². The summed E-state index contributed by atoms with van der Waals surface area (Å²) in [7, 11) is -21.2. The van der Waals surface area contributed by atoms with Gasteiger partial charge in [0.25, 0.3) is 42.8 Å². The Morgan fingerprint density at radius 1 is 0.688 bits per heavy atom. The van der Waals surface area contributed by atoms with Crippen molar-refractivity contribution in [2.24, 2.45) is 7.05 Å². The molecular formula is C33H41N15Na4O24P4. The summed E-state index contributed by atoms with van der Waals surface area (Å²) in [5.74, 6) is -1.64. The molecule has 47 heteroatoms. The zero-order valence-corrected chi connectivity index (χ0v) is 54.3. The second kappa shape index (κ2) is 27.3. The van der Waals surface area contributed by atoms with E-state index in [4.69, 9.17) is 54.5 Å². The molecule has 3 fully saturated rings. The van der Waals surface area contributed by atoms with Crippen LogP contribution in [0.4, 0.5) is 17.7 Å². The maximum atomic E-state index is 13.6. The molecule has 0 bridgehead atoms. The number of H-pyrrole nitrogens is 1. The predicted octanol–water partition coefficient (Wildman–Crippen LogP) is -18.8. The molecule has 80 heavy (non-hydrogen) atoms. The van der Waals surface area contributed by atoms with Gasteiger partial charge < -0.3 is 99.0 Å². The van der Waals surface area contributed by atoms with Crippen LogP contribution in [-0.4, -0.2) is 158 Å². The van der Waals surface area contributed by atoms with E-state index in [-0.39, 0.29) is 163 Å². The van der Waals surface area contributed by atoms with Crippen LogP contribution in [0.25, 0.3) is 33.5 Å². The molecule has 0 amide bonds. The van der Waals surface area contributed by atoms with Crippen molar-refractivity contribution in [1.29, 1.82) is 0 Å². The fraction of sp³-hybridized carbons (Fsp3) is 0.545. The Morgan fingerprint density at radius 3 is 1.88 bits per heavy atom. The number of aromatic amines is 1. The molecule has 4 unspecified atom stereocenters. The number of aryl methyl sites for hydroxylation is 1. The molecule has 39 nitrogen and oxygen atoms in total. The molecule has 0 aliphatic carbocycles. The Kier molecular flexibility index (Phi) is 23.7. The smallest absolute Gasteiger partial charge is 0.856 e. The van der Waals surface area contributed by atoms with Crippen LogP contribution in [0.5, 0.6) is 5.88 Å². The molecule has 3 aliphatic heterocycles. The summed E-state index contributed by atoms with van der Waals surface area (Å²) in [6.45, 7) is -3.58. The van der Waals surface area contributed by atoms with Gasteiger partial charge in [0.05, 0.1) is 39.5 Å². The molecule has 0 spiro atoms. The van der Waals surface area contributed by atoms with E-state index in [1.165, 1.54) is 17.9 Å². The molecule has 9 heterocycles. The van der Waals surface area contributed by atoms with Gasteiger partial charge in [-0.2, -0.15) is 4.98 Å². The molecular weight excluding hydrogens is 1210 g/mol. The first-order valence-electron chi connectivity index (χ1n) is 21.4. The van der Waals surface area contributed by atoms with Gasteiger partial charge in [-0.3, -0.25) is 41.7 Å². The largest absolute Gasteiger partial charge is 1.00 e. The third-order valence-corrected chi connectivity index (χ3v) is 16.8. The standard InChI is InChI=1S/C33H45N15O24P4.4Na/c1-45-10-48(26-16(45)28(53)44-33(36)42-26)30-19(51)20(62-2)12(68-30)5-65-74(56,57)71-76(60,61)72-75(58,59)66-6-13-21(22(63-3)31(69-13)46-8-39-14-23(34)37-7-38-24(14)46)70-73(54,55)64-4-11-17(49)18(50)29(67-11)47-9-40-15-25(47)41-32(35)43-27(15)52;;;;/h7-13,17-22,29-31,49-51H,4-6H2,1-3H3,(H11-,34,35,36,37,38,41,42,43,44,52,53,54,55,56,57,58,59,60,61);;;;/q;4*+1/p-4/t11-,12-,13-,17-,18-,19-,20-,21-,22-,29-,30-,31-;;;;/m1..../s1. The van der Waals surface area contributed by atoms with Crippen LogP contribution in [0, 0.1) is 0 Å². The zero-order chi connectivity index (χ0) is 55.0. The number of nitrogens with one attached hydrogen (secondary N) is 1. The van der Waals surface area contributed by atoms with Gasteiger partial charge in [0, 0.05) is 20.1 Å². The number of ether oxygens (including phenoxy) is 5. The van der Waals surface area contributed by atoms with Crippen LogP contribution < -0.4 is 170 Å². The van der Waals surface area contributed by atoms with Crippen LogP contribution in [0.3, 0.4) is 0 Å². The number of hydrogen-bond donors (Lipinski definition) is 7. The van der Waals surface area contributed by atoms with Crippen molar-refractivity contribution in [2.45, 2.75) is 73.6 Å². The summed E-state index contributed by atoms with van der Waals surface area (Å²) in [6, 6.07) is 0. The topological polar surface area (TPSA) is 566 Å². The quantitative estimate of drug-likeness (QED) is 0.0212. The van der Waals surface area contributed by atoms with Crippen LogP contribution in [0.15, 0.2) is 30.1 Å². The third kappa shape index (κ3) is 14.6. The van der Waals surface area contributed by atoms with E-state index < -0.39 is 142 Å². The molecule has 3 saturated heterocycles. The van der Waals surface area contributed by atoms with Crippen molar-refractivity contribution in [3.05, 3.63) is 35.7 Å². The first kappa shape index (κ1) is 69.6. The average Bonchev–Trinajstić information content (AvgIpc) is 4.18. The Bertz CT molecular complexity index is 3440. The number of aliphatic hydroxyl groups is 3. The minimum Gasteiger partial charge on any atom is -0.856 e. The summed E-state index contributed by atoms with van der Waals surface area (Å²) in [6.07, 6.45) is -15.5. The normalized spacial score (nSPS) is 28.7. The number of aliphatic hydroxyl groups excluding tert-OH is 3. The van der Waals surface area contributed by atoms with E-state index in [0.717, 1.165) is 46.9 Å². The maximum absolute atomic E-state index is 13.6. The van der Waals surface area contributed by atoms with E-state index in [1.807, 2.05) is 0 Å². The van der Waals surface area contributed by atoms with Crippen molar-refractivity contribution >= 4 is 82.5 Å². The number of anilines is 3. The number of phosphoric acid groups is 4. The van der Waals surface area contributed by atoms with Crippen LogP contribution in [0.1, 0.15) is 18.7 Å². The summed E-state index contributed by atoms with van der Waals surface area (Å²) in [4.78, 5) is 94.2. The summed E-state index contributed by atoms with van der Waals surface area (Å²) in [5.41, 5.74) is 15.9. The van der Waals surface area contributed by atoms with E-state index in [1.54, 1.807) is 0 Å². The Hall–Kier alpha value is -1.15. The molecule has 6 aromatic rings. The van der Waals surface area contributed by atoms with Gasteiger partial charge in [-0.05, 0) is 0 Å². The summed E-state index contributed by atoms with van der Waals surface area (Å²) in [5, 5.41) is 45.2. The molecule has 416 valence electrons. The van der Waals surface area contributed by atoms with Gasteiger partial charge in [0.15, 0.2) is 46.9 Å². The number of hydrogen-bond acceptors (Lipinski definition) is 34. The fourth-order valence-corrected chi connectivity index (χ4v) is 12.8. The molecule has 6 aromatic heterocycles. The fourth-order valence-electron chi connectivity index (χ4n) is 8.49. The minimum absolute atomic E-state index is 0. The van der Waals surface area contributed by atoms with Crippen molar-refractivity contribution in [1.82, 2.24) is 53.6 Å². The molecule has 0 radical (unpaired) electrons. The van der Waals surface area contributed by atoms with Crippen molar-refractivity contribution in [3.63, 3.8) is 0 Å². The Labute approximate surface area is 535 Å². The van der Waals surface area contributed by atoms with Crippen molar-refractivity contribution < 1.29 is 231 Å². The van der Waals surface area contributed by atoms with Gasteiger partial charge in [0.1, 0.15) is 66.8 Å². The second-order valence-corrected chi connectivity index (χ2v) is 22.4. The molecule has 9 rings (SSSR count). The number of aromatic nitrogens is 12.